The average molecular weight is 267 g/mol. The van der Waals surface area contributed by atoms with Gasteiger partial charge >= 0.3 is 0 Å². The van der Waals surface area contributed by atoms with E-state index in [4.69, 9.17) is 4.74 Å². The molecule has 1 aliphatic carbocycles. The minimum Gasteiger partial charge on any atom is -0.497 e. The van der Waals surface area contributed by atoms with Gasteiger partial charge in [-0.15, -0.1) is 0 Å². The molecule has 0 spiro atoms. The maximum atomic E-state index is 5.31. The second-order valence-electron chi connectivity index (χ2n) is 5.73. The molecule has 104 valence electrons. The number of ether oxygens (including phenoxy) is 1. The maximum Gasteiger partial charge on any atom is 0.119 e. The van der Waals surface area contributed by atoms with Crippen molar-refractivity contribution in [1.29, 1.82) is 0 Å². The molecule has 0 N–H and O–H groups in total. The first-order chi connectivity index (χ1) is 9.64. The molecule has 0 aromatic heterocycles. The fraction of sp³-hybridized carbons (Fsp3) is 0.333. The Morgan fingerprint density at radius 2 is 2.15 bits per heavy atom. The number of fused-ring (bicyclic) bond motifs is 1. The van der Waals surface area contributed by atoms with E-state index in [-0.39, 0.29) is 5.54 Å². The lowest BCUT2D eigenvalue weighted by molar-refractivity contribution is 0.189. The molecule has 0 saturated heterocycles. The van der Waals surface area contributed by atoms with Crippen LogP contribution in [0, 0.1) is 5.92 Å². The molecule has 0 fully saturated rings. The second-order valence-corrected chi connectivity index (χ2v) is 5.73. The maximum absolute atomic E-state index is 5.31. The molecule has 0 saturated carbocycles. The van der Waals surface area contributed by atoms with Crippen LogP contribution in [0.15, 0.2) is 60.3 Å². The van der Waals surface area contributed by atoms with Crippen LogP contribution in [0.25, 0.3) is 0 Å². The minimum atomic E-state index is 0.0673. The average Bonchev–Trinajstić information content (AvgIpc) is 2.79. The van der Waals surface area contributed by atoms with Crippen molar-refractivity contribution in [3.05, 3.63) is 65.9 Å². The second kappa shape index (κ2) is 4.86. The van der Waals surface area contributed by atoms with Crippen LogP contribution in [-0.2, 0) is 6.54 Å². The molecule has 0 bridgehead atoms. The first-order valence-corrected chi connectivity index (χ1v) is 7.08. The van der Waals surface area contributed by atoms with Crippen LogP contribution < -0.4 is 4.74 Å². The van der Waals surface area contributed by atoms with Crippen molar-refractivity contribution >= 4 is 0 Å². The number of hydrogen-bond donors (Lipinski definition) is 0. The normalized spacial score (nSPS) is 27.4. The van der Waals surface area contributed by atoms with Gasteiger partial charge in [-0.25, -0.2) is 0 Å². The highest BCUT2D eigenvalue weighted by Crippen LogP contribution is 2.42. The van der Waals surface area contributed by atoms with Crippen LogP contribution >= 0.6 is 0 Å². The Labute approximate surface area is 121 Å². The zero-order valence-electron chi connectivity index (χ0n) is 12.3. The number of rotatable bonds is 3. The van der Waals surface area contributed by atoms with Crippen molar-refractivity contribution in [1.82, 2.24) is 4.90 Å². The number of methoxy groups -OCH3 is 1. The van der Waals surface area contributed by atoms with Crippen LogP contribution in [0.2, 0.25) is 0 Å². The van der Waals surface area contributed by atoms with Gasteiger partial charge in [-0.1, -0.05) is 36.4 Å². The summed E-state index contributed by atoms with van der Waals surface area (Å²) in [6.45, 7) is 5.45. The molecule has 2 heteroatoms. The lowest BCUT2D eigenvalue weighted by Crippen LogP contribution is -2.45. The Hall–Kier alpha value is -1.96. The summed E-state index contributed by atoms with van der Waals surface area (Å²) in [4.78, 5) is 2.43. The molecule has 20 heavy (non-hydrogen) atoms. The van der Waals surface area contributed by atoms with Crippen LogP contribution in [0.3, 0.4) is 0 Å². The Balaban J connectivity index is 1.86. The van der Waals surface area contributed by atoms with Gasteiger partial charge in [0.2, 0.25) is 0 Å². The molecule has 2 aliphatic rings. The highest BCUT2D eigenvalue weighted by Gasteiger charge is 2.42. The van der Waals surface area contributed by atoms with Crippen molar-refractivity contribution in [2.24, 2.45) is 5.92 Å². The third-order valence-electron chi connectivity index (χ3n) is 4.67. The number of benzene rings is 1. The Bertz CT molecular complexity index is 599. The first kappa shape index (κ1) is 13.0. The van der Waals surface area contributed by atoms with Crippen LogP contribution in [-0.4, -0.2) is 17.5 Å². The number of nitrogens with zero attached hydrogens (tertiary/aromatic N) is 1. The van der Waals surface area contributed by atoms with Crippen molar-refractivity contribution in [2.45, 2.75) is 25.9 Å². The highest BCUT2D eigenvalue weighted by atomic mass is 16.5. The molecule has 0 radical (unpaired) electrons. The molecule has 1 aliphatic heterocycles. The molecule has 2 unspecified atom stereocenters. The van der Waals surface area contributed by atoms with Gasteiger partial charge in [0.25, 0.3) is 0 Å². The summed E-state index contributed by atoms with van der Waals surface area (Å²) in [6, 6.07) is 8.31. The summed E-state index contributed by atoms with van der Waals surface area (Å²) in [7, 11) is 1.71. The van der Waals surface area contributed by atoms with Crippen LogP contribution in [0.1, 0.15) is 19.4 Å². The molecular formula is C18H21NO. The van der Waals surface area contributed by atoms with Gasteiger partial charge in [-0.2, -0.15) is 0 Å². The summed E-state index contributed by atoms with van der Waals surface area (Å²) in [6.07, 6.45) is 11.2. The third-order valence-corrected chi connectivity index (χ3v) is 4.67. The SMILES string of the molecule is COc1cccc(CN2C=CC3C=CC=C(C)C32C)c1. The predicted molar refractivity (Wildman–Crippen MR) is 82.5 cm³/mol. The van der Waals surface area contributed by atoms with E-state index in [2.05, 4.69) is 67.5 Å². The van der Waals surface area contributed by atoms with E-state index in [1.807, 2.05) is 6.07 Å². The van der Waals surface area contributed by atoms with E-state index in [0.29, 0.717) is 5.92 Å². The zero-order chi connectivity index (χ0) is 14.2. The van der Waals surface area contributed by atoms with Gasteiger partial charge in [0.05, 0.1) is 12.6 Å². The first-order valence-electron chi connectivity index (χ1n) is 7.08. The smallest absolute Gasteiger partial charge is 0.119 e. The molecular weight excluding hydrogens is 246 g/mol. The molecule has 1 heterocycles. The van der Waals surface area contributed by atoms with Crippen LogP contribution in [0.5, 0.6) is 5.75 Å². The fourth-order valence-electron chi connectivity index (χ4n) is 3.14. The zero-order valence-corrected chi connectivity index (χ0v) is 12.3. The van der Waals surface area contributed by atoms with Crippen molar-refractivity contribution in [3.8, 4) is 5.75 Å². The fourth-order valence-corrected chi connectivity index (χ4v) is 3.14. The van der Waals surface area contributed by atoms with Gasteiger partial charge in [-0.3, -0.25) is 0 Å². The van der Waals surface area contributed by atoms with E-state index >= 15 is 0 Å². The van der Waals surface area contributed by atoms with Gasteiger partial charge in [0.1, 0.15) is 5.75 Å². The largest absolute Gasteiger partial charge is 0.497 e. The van der Waals surface area contributed by atoms with Crippen molar-refractivity contribution in [3.63, 3.8) is 0 Å². The Morgan fingerprint density at radius 3 is 2.95 bits per heavy atom. The quantitative estimate of drug-likeness (QED) is 0.823. The number of allylic oxidation sites excluding steroid dienone is 2. The summed E-state index contributed by atoms with van der Waals surface area (Å²) in [5.41, 5.74) is 2.76. The summed E-state index contributed by atoms with van der Waals surface area (Å²) >= 11 is 0. The van der Waals surface area contributed by atoms with Gasteiger partial charge in [0.15, 0.2) is 0 Å². The standard InChI is InChI=1S/C18H21NO/c1-14-6-4-8-16-10-11-19(18(14,16)2)13-15-7-5-9-17(12-15)20-3/h4-12,16H,13H2,1-3H3. The van der Waals surface area contributed by atoms with Crippen molar-refractivity contribution < 1.29 is 4.74 Å². The third kappa shape index (κ3) is 1.96. The summed E-state index contributed by atoms with van der Waals surface area (Å²) in [5, 5.41) is 0. The van der Waals surface area contributed by atoms with Gasteiger partial charge in [-0.05, 0) is 43.3 Å². The van der Waals surface area contributed by atoms with E-state index in [1.54, 1.807) is 7.11 Å². The molecule has 1 aromatic carbocycles. The topological polar surface area (TPSA) is 12.5 Å². The summed E-state index contributed by atoms with van der Waals surface area (Å²) < 4.78 is 5.31. The van der Waals surface area contributed by atoms with E-state index in [9.17, 15) is 0 Å². The van der Waals surface area contributed by atoms with Gasteiger partial charge < -0.3 is 9.64 Å². The van der Waals surface area contributed by atoms with Crippen LogP contribution in [0.4, 0.5) is 0 Å². The van der Waals surface area contributed by atoms with Gasteiger partial charge in [0, 0.05) is 12.5 Å². The molecule has 2 atom stereocenters. The molecule has 1 aromatic rings. The Kier molecular flexibility index (Phi) is 3.17. The predicted octanol–water partition coefficient (Wildman–Crippen LogP) is 3.92. The Morgan fingerprint density at radius 1 is 1.30 bits per heavy atom. The molecule has 0 amide bonds. The lowest BCUT2D eigenvalue weighted by atomic mass is 9.77. The summed E-state index contributed by atoms with van der Waals surface area (Å²) in [5.74, 6) is 1.39. The van der Waals surface area contributed by atoms with Crippen molar-refractivity contribution in [2.75, 3.05) is 7.11 Å². The minimum absolute atomic E-state index is 0.0673. The van der Waals surface area contributed by atoms with E-state index in [1.165, 1.54) is 11.1 Å². The highest BCUT2D eigenvalue weighted by molar-refractivity contribution is 5.38. The van der Waals surface area contributed by atoms with E-state index < -0.39 is 0 Å². The molecule has 3 rings (SSSR count). The molecule has 2 nitrogen and oxygen atoms in total. The lowest BCUT2D eigenvalue weighted by Gasteiger charge is -2.42. The van der Waals surface area contributed by atoms with E-state index in [0.717, 1.165) is 12.3 Å². The monoisotopic (exact) mass is 267 g/mol. The number of hydrogen-bond acceptors (Lipinski definition) is 2.